The molecule has 3 heterocycles. The van der Waals surface area contributed by atoms with Crippen molar-refractivity contribution >= 4 is 57.4 Å². The van der Waals surface area contributed by atoms with E-state index in [1.807, 2.05) is 59.5 Å². The Hall–Kier alpha value is -4.22. The van der Waals surface area contributed by atoms with Gasteiger partial charge in [0.25, 0.3) is 0 Å². The van der Waals surface area contributed by atoms with Gasteiger partial charge >= 0.3 is 0 Å². The zero-order valence-corrected chi connectivity index (χ0v) is 20.4. The molecule has 0 aromatic heterocycles. The number of halogens is 1. The van der Waals surface area contributed by atoms with Crippen LogP contribution in [0.15, 0.2) is 97.1 Å². The quantitative estimate of drug-likeness (QED) is 0.263. The van der Waals surface area contributed by atoms with E-state index in [1.165, 1.54) is 4.90 Å². The molecule has 7 rings (SSSR count). The molecule has 0 bridgehead atoms. The third-order valence-electron chi connectivity index (χ3n) is 7.82. The standard InChI is InChI=1S/C31H21ClN2O3/c32-20-11-13-21(14-12-20)33-30(36)26-25-17-15-23-22-9-5-4-6-18(22)10-16-24(23)34(25)28(27(26)31(33)37)29(35)19-7-2-1-3-8-19/h1-17,25-28H/t25-,26-,27-,28-/m1/s1. The molecule has 0 spiro atoms. The van der Waals surface area contributed by atoms with E-state index in [0.717, 1.165) is 22.0 Å². The Morgan fingerprint density at radius 1 is 0.757 bits per heavy atom. The predicted molar refractivity (Wildman–Crippen MR) is 145 cm³/mol. The van der Waals surface area contributed by atoms with Crippen molar-refractivity contribution in [2.75, 3.05) is 9.80 Å². The van der Waals surface area contributed by atoms with Gasteiger partial charge in [0.2, 0.25) is 11.8 Å². The molecular weight excluding hydrogens is 484 g/mol. The molecule has 6 heteroatoms. The minimum atomic E-state index is -0.809. The van der Waals surface area contributed by atoms with Crippen LogP contribution in [0.2, 0.25) is 5.02 Å². The number of nitrogens with zero attached hydrogens (tertiary/aromatic N) is 2. The second kappa shape index (κ2) is 8.15. The maximum absolute atomic E-state index is 14.1. The van der Waals surface area contributed by atoms with Crippen LogP contribution in [0, 0.1) is 11.8 Å². The second-order valence-corrected chi connectivity index (χ2v) is 10.1. The van der Waals surface area contributed by atoms with Crippen LogP contribution >= 0.6 is 11.6 Å². The molecule has 2 fully saturated rings. The van der Waals surface area contributed by atoms with Crippen LogP contribution in [0.4, 0.5) is 11.4 Å². The average Bonchev–Trinajstić information content (AvgIpc) is 3.41. The number of amides is 2. The third kappa shape index (κ3) is 3.14. The summed E-state index contributed by atoms with van der Waals surface area (Å²) in [5.74, 6) is -2.27. The summed E-state index contributed by atoms with van der Waals surface area (Å²) in [7, 11) is 0. The van der Waals surface area contributed by atoms with E-state index in [9.17, 15) is 14.4 Å². The molecule has 0 radical (unpaired) electrons. The van der Waals surface area contributed by atoms with Crippen molar-refractivity contribution < 1.29 is 14.4 Å². The van der Waals surface area contributed by atoms with E-state index < -0.39 is 23.9 Å². The van der Waals surface area contributed by atoms with Gasteiger partial charge in [-0.15, -0.1) is 0 Å². The lowest BCUT2D eigenvalue weighted by atomic mass is 9.86. The molecule has 180 valence electrons. The third-order valence-corrected chi connectivity index (χ3v) is 8.08. The number of carbonyl (C=O) groups excluding carboxylic acids is 3. The molecule has 4 aromatic rings. The zero-order valence-electron chi connectivity index (χ0n) is 19.6. The molecule has 5 nitrogen and oxygen atoms in total. The zero-order chi connectivity index (χ0) is 25.3. The van der Waals surface area contributed by atoms with Gasteiger partial charge in [0.15, 0.2) is 5.78 Å². The molecule has 0 unspecified atom stereocenters. The van der Waals surface area contributed by atoms with Gasteiger partial charge in [-0.05, 0) is 41.1 Å². The highest BCUT2D eigenvalue weighted by atomic mass is 35.5. The Bertz CT molecular complexity index is 1630. The Balaban J connectivity index is 1.40. The second-order valence-electron chi connectivity index (χ2n) is 9.69. The Morgan fingerprint density at radius 2 is 1.46 bits per heavy atom. The fraction of sp³-hybridized carbons (Fsp3) is 0.129. The van der Waals surface area contributed by atoms with Gasteiger partial charge in [0.1, 0.15) is 6.04 Å². The van der Waals surface area contributed by atoms with E-state index in [2.05, 4.69) is 12.1 Å². The number of imide groups is 1. The van der Waals surface area contributed by atoms with Crippen molar-refractivity contribution in [3.63, 3.8) is 0 Å². The highest BCUT2D eigenvalue weighted by molar-refractivity contribution is 6.31. The lowest BCUT2D eigenvalue weighted by molar-refractivity contribution is -0.122. The number of ketones is 1. The first kappa shape index (κ1) is 22.0. The number of hydrogen-bond acceptors (Lipinski definition) is 4. The summed E-state index contributed by atoms with van der Waals surface area (Å²) in [6.07, 6.45) is 4.02. The fourth-order valence-corrected chi connectivity index (χ4v) is 6.37. The average molecular weight is 505 g/mol. The van der Waals surface area contributed by atoms with E-state index in [4.69, 9.17) is 11.6 Å². The lowest BCUT2D eigenvalue weighted by Crippen LogP contribution is -2.48. The van der Waals surface area contributed by atoms with E-state index in [0.29, 0.717) is 16.3 Å². The van der Waals surface area contributed by atoms with Gasteiger partial charge in [-0.3, -0.25) is 14.4 Å². The first-order valence-electron chi connectivity index (χ1n) is 12.3. The molecule has 0 aliphatic carbocycles. The fourth-order valence-electron chi connectivity index (χ4n) is 6.24. The maximum atomic E-state index is 14.1. The van der Waals surface area contributed by atoms with Crippen molar-refractivity contribution in [3.05, 3.63) is 113 Å². The van der Waals surface area contributed by atoms with Crippen LogP contribution in [0.3, 0.4) is 0 Å². The normalized spacial score (nSPS) is 23.8. The van der Waals surface area contributed by atoms with Gasteiger partial charge in [0.05, 0.1) is 23.6 Å². The Labute approximate surface area is 218 Å². The summed E-state index contributed by atoms with van der Waals surface area (Å²) in [6, 6.07) is 26.6. The van der Waals surface area contributed by atoms with Crippen molar-refractivity contribution in [2.45, 2.75) is 12.1 Å². The smallest absolute Gasteiger partial charge is 0.240 e. The molecule has 3 aliphatic heterocycles. The van der Waals surface area contributed by atoms with Crippen LogP contribution < -0.4 is 9.80 Å². The summed E-state index contributed by atoms with van der Waals surface area (Å²) in [6.45, 7) is 0. The van der Waals surface area contributed by atoms with Crippen molar-refractivity contribution in [2.24, 2.45) is 11.8 Å². The SMILES string of the molecule is O=C(c1ccccc1)[C@H]1[C@@H]2C(=O)N(c3ccc(Cl)cc3)C(=O)[C@@H]2[C@H]2C=Cc3c(ccc4ccccc34)N21. The first-order valence-corrected chi connectivity index (χ1v) is 12.6. The Kier molecular flexibility index (Phi) is 4.85. The van der Waals surface area contributed by atoms with Crippen molar-refractivity contribution in [1.29, 1.82) is 0 Å². The molecule has 3 aliphatic rings. The number of anilines is 2. The molecule has 0 N–H and O–H groups in total. The molecule has 2 amide bonds. The van der Waals surface area contributed by atoms with E-state index in [1.54, 1.807) is 36.4 Å². The predicted octanol–water partition coefficient (Wildman–Crippen LogP) is 5.77. The largest absolute Gasteiger partial charge is 0.352 e. The molecule has 4 aromatic carbocycles. The number of Topliss-reactive ketones (excluding diaryl/α,β-unsaturated/α-hetero) is 1. The van der Waals surface area contributed by atoms with Crippen LogP contribution in [-0.4, -0.2) is 29.7 Å². The number of rotatable bonds is 3. The monoisotopic (exact) mass is 504 g/mol. The summed E-state index contributed by atoms with van der Waals surface area (Å²) in [5, 5.41) is 2.68. The highest BCUT2D eigenvalue weighted by Gasteiger charge is 2.64. The summed E-state index contributed by atoms with van der Waals surface area (Å²) in [5.41, 5.74) is 2.86. The molecule has 2 saturated heterocycles. The van der Waals surface area contributed by atoms with Gasteiger partial charge < -0.3 is 4.90 Å². The van der Waals surface area contributed by atoms with Crippen LogP contribution in [0.25, 0.3) is 16.8 Å². The van der Waals surface area contributed by atoms with E-state index in [-0.39, 0.29) is 17.6 Å². The number of carbonyl (C=O) groups is 3. The number of hydrogen-bond donors (Lipinski definition) is 0. The minimum absolute atomic E-state index is 0.161. The highest BCUT2D eigenvalue weighted by Crippen LogP contribution is 2.50. The molecule has 0 saturated carbocycles. The van der Waals surface area contributed by atoms with Crippen LogP contribution in [0.1, 0.15) is 15.9 Å². The lowest BCUT2D eigenvalue weighted by Gasteiger charge is -2.37. The number of benzene rings is 4. The minimum Gasteiger partial charge on any atom is -0.352 e. The van der Waals surface area contributed by atoms with Crippen molar-refractivity contribution in [3.8, 4) is 0 Å². The van der Waals surface area contributed by atoms with Crippen LogP contribution in [-0.2, 0) is 9.59 Å². The first-order chi connectivity index (χ1) is 18.0. The van der Waals surface area contributed by atoms with Gasteiger partial charge in [-0.2, -0.15) is 0 Å². The van der Waals surface area contributed by atoms with Crippen molar-refractivity contribution in [1.82, 2.24) is 0 Å². The van der Waals surface area contributed by atoms with Gasteiger partial charge in [-0.25, -0.2) is 4.90 Å². The molecular formula is C31H21ClN2O3. The summed E-state index contributed by atoms with van der Waals surface area (Å²) in [4.78, 5) is 45.2. The maximum Gasteiger partial charge on any atom is 0.240 e. The van der Waals surface area contributed by atoms with Gasteiger partial charge in [-0.1, -0.05) is 84.4 Å². The molecule has 4 atom stereocenters. The number of fused-ring (bicyclic) bond motifs is 7. The molecule has 37 heavy (non-hydrogen) atoms. The summed E-state index contributed by atoms with van der Waals surface area (Å²) < 4.78 is 0. The summed E-state index contributed by atoms with van der Waals surface area (Å²) >= 11 is 6.05. The van der Waals surface area contributed by atoms with E-state index >= 15 is 0 Å². The topological polar surface area (TPSA) is 57.7 Å². The van der Waals surface area contributed by atoms with Crippen LogP contribution in [0.5, 0.6) is 0 Å². The van der Waals surface area contributed by atoms with Gasteiger partial charge in [0, 0.05) is 21.8 Å². The Morgan fingerprint density at radius 3 is 2.24 bits per heavy atom.